The third-order valence-corrected chi connectivity index (χ3v) is 7.35. The fourth-order valence-electron chi connectivity index (χ4n) is 5.46. The van der Waals surface area contributed by atoms with Gasteiger partial charge < -0.3 is 19.7 Å². The molecule has 2 heterocycles. The van der Waals surface area contributed by atoms with Crippen molar-refractivity contribution >= 4 is 16.9 Å². The quantitative estimate of drug-likeness (QED) is 0.371. The smallest absolute Gasteiger partial charge is 0.166 e. The van der Waals surface area contributed by atoms with Crippen LogP contribution in [-0.2, 0) is 6.54 Å². The highest BCUT2D eigenvalue weighted by Gasteiger charge is 2.40. The van der Waals surface area contributed by atoms with Crippen molar-refractivity contribution in [2.45, 2.75) is 32.7 Å². The zero-order valence-electron chi connectivity index (χ0n) is 21.1. The summed E-state index contributed by atoms with van der Waals surface area (Å²) in [7, 11) is 1.56. The van der Waals surface area contributed by atoms with Gasteiger partial charge in [0.2, 0.25) is 0 Å². The Morgan fingerprint density at radius 1 is 0.917 bits per heavy atom. The lowest BCUT2D eigenvalue weighted by molar-refractivity contribution is 0.183. The highest BCUT2D eigenvalue weighted by molar-refractivity contribution is 5.86. The van der Waals surface area contributed by atoms with Crippen molar-refractivity contribution in [3.8, 4) is 23.0 Å². The Balaban J connectivity index is 1.41. The van der Waals surface area contributed by atoms with E-state index in [1.165, 1.54) is 32.4 Å². The average molecular weight is 488 g/mol. The minimum atomic E-state index is 0.108. The lowest BCUT2D eigenvalue weighted by atomic mass is 10.1. The van der Waals surface area contributed by atoms with Crippen molar-refractivity contribution in [1.29, 1.82) is 0 Å². The Morgan fingerprint density at radius 3 is 2.44 bits per heavy atom. The molecule has 1 unspecified atom stereocenters. The highest BCUT2D eigenvalue weighted by Crippen LogP contribution is 2.50. The molecule has 0 aliphatic carbocycles. The maximum absolute atomic E-state index is 10.2. The van der Waals surface area contributed by atoms with E-state index >= 15 is 0 Å². The fourth-order valence-corrected chi connectivity index (χ4v) is 5.46. The second kappa shape index (κ2) is 10.2. The van der Waals surface area contributed by atoms with E-state index in [9.17, 15) is 10.2 Å². The summed E-state index contributed by atoms with van der Waals surface area (Å²) in [5, 5.41) is 20.4. The maximum Gasteiger partial charge on any atom is 0.166 e. The summed E-state index contributed by atoms with van der Waals surface area (Å²) < 4.78 is 11.9. The zero-order valence-corrected chi connectivity index (χ0v) is 21.1. The van der Waals surface area contributed by atoms with Gasteiger partial charge in [-0.1, -0.05) is 6.42 Å². The number of likely N-dealkylation sites (tertiary alicyclic amines) is 1. The first kappa shape index (κ1) is 24.2. The van der Waals surface area contributed by atoms with Gasteiger partial charge in [-0.15, -0.1) is 0 Å². The molecule has 6 heteroatoms. The van der Waals surface area contributed by atoms with Crippen LogP contribution in [-0.4, -0.2) is 48.5 Å². The summed E-state index contributed by atoms with van der Waals surface area (Å²) in [6.45, 7) is 6.75. The molecule has 2 aliphatic heterocycles. The van der Waals surface area contributed by atoms with Crippen molar-refractivity contribution < 1.29 is 19.7 Å². The standard InChI is InChI=1S/C30H34N2O4/c1-22-20-32(28-12-9-25(33)19-27(22)28,24-8-13-29(34)30(18-24)35-2)21-23-6-10-26(11-7-23)36-17-16-31-14-4-3-5-15-31/h6-13,18-20H,3-5,14-17,21H2,1-2H3,(H-,33,34)/p+1. The summed E-state index contributed by atoms with van der Waals surface area (Å²) in [4.78, 5) is 2.48. The molecule has 2 N–H and O–H groups in total. The van der Waals surface area contributed by atoms with E-state index in [4.69, 9.17) is 9.47 Å². The molecule has 1 fully saturated rings. The first-order chi connectivity index (χ1) is 17.5. The molecule has 0 aromatic heterocycles. The van der Waals surface area contributed by atoms with Crippen molar-refractivity contribution in [3.63, 3.8) is 0 Å². The molecular weight excluding hydrogens is 452 g/mol. The molecule has 0 radical (unpaired) electrons. The summed E-state index contributed by atoms with van der Waals surface area (Å²) >= 11 is 0. The highest BCUT2D eigenvalue weighted by atomic mass is 16.5. The number of fused-ring (bicyclic) bond motifs is 1. The number of phenols is 2. The number of quaternary nitrogens is 1. The molecule has 2 aliphatic rings. The largest absolute Gasteiger partial charge is 0.508 e. The summed E-state index contributed by atoms with van der Waals surface area (Å²) in [5.74, 6) is 1.67. The number of piperidine rings is 1. The number of nitrogens with zero attached hydrogens (tertiary/aromatic N) is 2. The predicted molar refractivity (Wildman–Crippen MR) is 144 cm³/mol. The number of benzene rings is 3. The molecule has 0 saturated carbocycles. The molecule has 1 saturated heterocycles. The number of hydrogen-bond acceptors (Lipinski definition) is 5. The van der Waals surface area contributed by atoms with Crippen molar-refractivity contribution in [2.75, 3.05) is 33.4 Å². The molecule has 5 rings (SSSR count). The minimum Gasteiger partial charge on any atom is -0.508 e. The molecule has 1 atom stereocenters. The van der Waals surface area contributed by atoms with Crippen LogP contribution in [0.5, 0.6) is 23.0 Å². The van der Waals surface area contributed by atoms with Crippen molar-refractivity contribution in [1.82, 2.24) is 9.38 Å². The third-order valence-electron chi connectivity index (χ3n) is 7.35. The van der Waals surface area contributed by atoms with E-state index in [0.717, 1.165) is 40.4 Å². The van der Waals surface area contributed by atoms with Crippen LogP contribution in [0, 0.1) is 0 Å². The van der Waals surface area contributed by atoms with E-state index in [1.807, 2.05) is 36.4 Å². The van der Waals surface area contributed by atoms with Gasteiger partial charge >= 0.3 is 0 Å². The first-order valence-corrected chi connectivity index (χ1v) is 12.7. The monoisotopic (exact) mass is 487 g/mol. The normalized spacial score (nSPS) is 19.6. The van der Waals surface area contributed by atoms with E-state index in [-0.39, 0.29) is 11.5 Å². The number of aromatic hydroxyl groups is 2. The summed E-state index contributed by atoms with van der Waals surface area (Å²) in [6.07, 6.45) is 6.13. The number of allylic oxidation sites excluding steroid dienone is 1. The number of phenolic OH excluding ortho intramolecular Hbond substituents is 2. The molecule has 0 amide bonds. The number of ether oxygens (including phenoxy) is 2. The Kier molecular flexibility index (Phi) is 6.90. The van der Waals surface area contributed by atoms with Crippen LogP contribution < -0.4 is 14.0 Å². The van der Waals surface area contributed by atoms with Crippen LogP contribution in [0.2, 0.25) is 0 Å². The lowest BCUT2D eigenvalue weighted by Gasteiger charge is -2.32. The Labute approximate surface area is 213 Å². The predicted octanol–water partition coefficient (Wildman–Crippen LogP) is 6.18. The van der Waals surface area contributed by atoms with Gasteiger partial charge in [-0.2, -0.15) is 0 Å². The van der Waals surface area contributed by atoms with Crippen molar-refractivity contribution in [3.05, 3.63) is 78.0 Å². The Hall–Kier alpha value is -3.48. The van der Waals surface area contributed by atoms with Gasteiger partial charge in [-0.3, -0.25) is 4.90 Å². The van der Waals surface area contributed by atoms with Crippen molar-refractivity contribution in [2.24, 2.45) is 0 Å². The van der Waals surface area contributed by atoms with Crippen LogP contribution in [0.4, 0.5) is 11.4 Å². The molecule has 188 valence electrons. The van der Waals surface area contributed by atoms with Gasteiger partial charge in [-0.05, 0) is 75.3 Å². The number of rotatable bonds is 8. The lowest BCUT2D eigenvalue weighted by Crippen LogP contribution is -2.36. The molecule has 36 heavy (non-hydrogen) atoms. The van der Waals surface area contributed by atoms with Crippen LogP contribution in [0.3, 0.4) is 0 Å². The van der Waals surface area contributed by atoms with Crippen LogP contribution in [0.15, 0.2) is 66.9 Å². The molecule has 3 aromatic rings. The molecule has 0 spiro atoms. The second-order valence-corrected chi connectivity index (χ2v) is 9.79. The van der Waals surface area contributed by atoms with Crippen LogP contribution in [0.25, 0.3) is 5.57 Å². The van der Waals surface area contributed by atoms with Gasteiger partial charge in [-0.25, -0.2) is 4.48 Å². The van der Waals surface area contributed by atoms with Gasteiger partial charge in [0.05, 0.1) is 7.11 Å². The van der Waals surface area contributed by atoms with Gasteiger partial charge in [0.25, 0.3) is 0 Å². The zero-order chi connectivity index (χ0) is 25.1. The SMILES string of the molecule is COc1cc([N+]2(Cc3ccc(OCCN4CCCCC4)cc3)C=C(C)c3cc(O)ccc32)ccc1O. The van der Waals surface area contributed by atoms with E-state index < -0.39 is 0 Å². The molecule has 3 aromatic carbocycles. The topological polar surface area (TPSA) is 62.2 Å². The Bertz CT molecular complexity index is 1250. The summed E-state index contributed by atoms with van der Waals surface area (Å²) in [5.41, 5.74) is 5.29. The molecule has 0 bridgehead atoms. The van der Waals surface area contributed by atoms with Gasteiger partial charge in [0, 0.05) is 41.4 Å². The Morgan fingerprint density at radius 2 is 1.69 bits per heavy atom. The third kappa shape index (κ3) is 4.79. The minimum absolute atomic E-state index is 0.108. The summed E-state index contributed by atoms with van der Waals surface area (Å²) in [6, 6.07) is 19.4. The van der Waals surface area contributed by atoms with Crippen LogP contribution in [0.1, 0.15) is 37.3 Å². The van der Waals surface area contributed by atoms with E-state index in [2.05, 4.69) is 30.2 Å². The number of hydrogen-bond donors (Lipinski definition) is 2. The van der Waals surface area contributed by atoms with Crippen LogP contribution >= 0.6 is 0 Å². The van der Waals surface area contributed by atoms with Gasteiger partial charge in [0.1, 0.15) is 36.5 Å². The number of methoxy groups -OCH3 is 1. The molecular formula is C30H35N2O4+. The fraction of sp³-hybridized carbons (Fsp3) is 0.333. The second-order valence-electron chi connectivity index (χ2n) is 9.79. The van der Waals surface area contributed by atoms with Gasteiger partial charge in [0.15, 0.2) is 17.2 Å². The first-order valence-electron chi connectivity index (χ1n) is 12.7. The molecule has 6 nitrogen and oxygen atoms in total. The maximum atomic E-state index is 10.2. The van der Waals surface area contributed by atoms with E-state index in [0.29, 0.717) is 23.4 Å². The van der Waals surface area contributed by atoms with E-state index in [1.54, 1.807) is 19.2 Å². The average Bonchev–Trinajstić information content (AvgIpc) is 3.17.